The van der Waals surface area contributed by atoms with Gasteiger partial charge in [-0.25, -0.2) is 4.98 Å². The first-order chi connectivity index (χ1) is 9.28. The number of aromatic nitrogens is 5. The van der Waals surface area contributed by atoms with Crippen LogP contribution in [0.25, 0.3) is 0 Å². The number of anilines is 2. The second kappa shape index (κ2) is 5.00. The summed E-state index contributed by atoms with van der Waals surface area (Å²) in [5.41, 5.74) is 0. The molecule has 7 nitrogen and oxygen atoms in total. The number of halogens is 1. The van der Waals surface area contributed by atoms with Crippen molar-refractivity contribution in [1.29, 1.82) is 0 Å². The standard InChI is InChI=1S/C11H14ClN7/c1-2-13-11-14-5-8(12)10(16-11)18-3-4-19-7-15-17-9(19)6-18/h5,7H,2-4,6H2,1H3,(H,13,14,16). The van der Waals surface area contributed by atoms with Gasteiger partial charge in [0.05, 0.1) is 12.7 Å². The summed E-state index contributed by atoms with van der Waals surface area (Å²) in [4.78, 5) is 10.7. The van der Waals surface area contributed by atoms with E-state index in [0.717, 1.165) is 31.3 Å². The van der Waals surface area contributed by atoms with Crippen LogP contribution in [0.2, 0.25) is 5.02 Å². The van der Waals surface area contributed by atoms with Crippen LogP contribution in [0.5, 0.6) is 0 Å². The maximum atomic E-state index is 6.19. The first-order valence-electron chi connectivity index (χ1n) is 6.16. The van der Waals surface area contributed by atoms with E-state index in [-0.39, 0.29) is 0 Å². The normalized spacial score (nSPS) is 14.3. The molecule has 19 heavy (non-hydrogen) atoms. The van der Waals surface area contributed by atoms with Crippen molar-refractivity contribution in [1.82, 2.24) is 24.7 Å². The second-order valence-corrected chi connectivity index (χ2v) is 4.66. The van der Waals surface area contributed by atoms with E-state index in [4.69, 9.17) is 11.6 Å². The van der Waals surface area contributed by atoms with Gasteiger partial charge in [0.2, 0.25) is 5.95 Å². The molecule has 1 aliphatic heterocycles. The number of fused-ring (bicyclic) bond motifs is 1. The SMILES string of the molecule is CCNc1ncc(Cl)c(N2CCn3cnnc3C2)n1. The third-order valence-corrected chi connectivity index (χ3v) is 3.27. The Morgan fingerprint density at radius 1 is 1.42 bits per heavy atom. The molecule has 0 saturated carbocycles. The van der Waals surface area contributed by atoms with E-state index in [0.29, 0.717) is 17.5 Å². The molecule has 1 aliphatic rings. The van der Waals surface area contributed by atoms with Gasteiger partial charge in [-0.3, -0.25) is 0 Å². The molecule has 0 amide bonds. The van der Waals surface area contributed by atoms with E-state index in [2.05, 4.69) is 30.4 Å². The summed E-state index contributed by atoms with van der Waals surface area (Å²) < 4.78 is 2.04. The minimum atomic E-state index is 0.551. The smallest absolute Gasteiger partial charge is 0.224 e. The van der Waals surface area contributed by atoms with Crippen LogP contribution >= 0.6 is 11.6 Å². The summed E-state index contributed by atoms with van der Waals surface area (Å²) in [6.45, 7) is 5.09. The van der Waals surface area contributed by atoms with Gasteiger partial charge in [0.15, 0.2) is 11.6 Å². The van der Waals surface area contributed by atoms with Gasteiger partial charge in [0.25, 0.3) is 0 Å². The van der Waals surface area contributed by atoms with Crippen molar-refractivity contribution in [2.75, 3.05) is 23.3 Å². The zero-order valence-electron chi connectivity index (χ0n) is 10.5. The fourth-order valence-corrected chi connectivity index (χ4v) is 2.28. The molecule has 8 heteroatoms. The molecular weight excluding hydrogens is 266 g/mol. The number of nitrogens with zero attached hydrogens (tertiary/aromatic N) is 6. The van der Waals surface area contributed by atoms with Crippen molar-refractivity contribution in [3.8, 4) is 0 Å². The number of nitrogens with one attached hydrogen (secondary N) is 1. The first kappa shape index (κ1) is 12.2. The lowest BCUT2D eigenvalue weighted by Gasteiger charge is -2.28. The lowest BCUT2D eigenvalue weighted by Crippen LogP contribution is -2.34. The molecular formula is C11H14ClN7. The Balaban J connectivity index is 1.88. The largest absolute Gasteiger partial charge is 0.354 e. The van der Waals surface area contributed by atoms with E-state index in [1.807, 2.05) is 11.5 Å². The van der Waals surface area contributed by atoms with Crippen molar-refractivity contribution < 1.29 is 0 Å². The average Bonchev–Trinajstić information content (AvgIpc) is 2.88. The molecule has 3 rings (SSSR count). The Hall–Kier alpha value is -1.89. The summed E-state index contributed by atoms with van der Waals surface area (Å²) in [6, 6.07) is 0. The highest BCUT2D eigenvalue weighted by atomic mass is 35.5. The Kier molecular flexibility index (Phi) is 3.20. The summed E-state index contributed by atoms with van der Waals surface area (Å²) >= 11 is 6.19. The van der Waals surface area contributed by atoms with Crippen molar-refractivity contribution >= 4 is 23.4 Å². The molecule has 0 saturated heterocycles. The molecule has 0 unspecified atom stereocenters. The highest BCUT2D eigenvalue weighted by Crippen LogP contribution is 2.26. The minimum Gasteiger partial charge on any atom is -0.354 e. The zero-order valence-corrected chi connectivity index (χ0v) is 11.3. The quantitative estimate of drug-likeness (QED) is 0.909. The predicted octanol–water partition coefficient (Wildman–Crippen LogP) is 1.17. The van der Waals surface area contributed by atoms with Crippen molar-refractivity contribution in [3.63, 3.8) is 0 Å². The van der Waals surface area contributed by atoms with Crippen LogP contribution in [-0.4, -0.2) is 37.8 Å². The lowest BCUT2D eigenvalue weighted by molar-refractivity contribution is 0.556. The van der Waals surface area contributed by atoms with Crippen molar-refractivity contribution in [2.24, 2.45) is 0 Å². The number of rotatable bonds is 3. The minimum absolute atomic E-state index is 0.551. The van der Waals surface area contributed by atoms with Crippen LogP contribution in [-0.2, 0) is 13.1 Å². The van der Waals surface area contributed by atoms with Gasteiger partial charge in [0, 0.05) is 19.6 Å². The Bertz CT molecular complexity index is 582. The van der Waals surface area contributed by atoms with Gasteiger partial charge in [-0.1, -0.05) is 11.6 Å². The van der Waals surface area contributed by atoms with Crippen LogP contribution in [0, 0.1) is 0 Å². The Labute approximate surface area is 115 Å². The number of hydrogen-bond donors (Lipinski definition) is 1. The fourth-order valence-electron chi connectivity index (χ4n) is 2.07. The van der Waals surface area contributed by atoms with Crippen LogP contribution in [0.1, 0.15) is 12.7 Å². The monoisotopic (exact) mass is 279 g/mol. The third kappa shape index (κ3) is 2.33. The lowest BCUT2D eigenvalue weighted by atomic mass is 10.3. The molecule has 0 aromatic carbocycles. The predicted molar refractivity (Wildman–Crippen MR) is 72.3 cm³/mol. The van der Waals surface area contributed by atoms with Gasteiger partial charge >= 0.3 is 0 Å². The van der Waals surface area contributed by atoms with Crippen LogP contribution < -0.4 is 10.2 Å². The molecule has 0 spiro atoms. The zero-order chi connectivity index (χ0) is 13.2. The van der Waals surface area contributed by atoms with E-state index in [1.165, 1.54) is 0 Å². The molecule has 0 fully saturated rings. The molecule has 3 heterocycles. The van der Waals surface area contributed by atoms with Crippen LogP contribution in [0.15, 0.2) is 12.5 Å². The van der Waals surface area contributed by atoms with Gasteiger partial charge < -0.3 is 14.8 Å². The maximum Gasteiger partial charge on any atom is 0.224 e. The van der Waals surface area contributed by atoms with Crippen LogP contribution in [0.3, 0.4) is 0 Å². The van der Waals surface area contributed by atoms with Crippen LogP contribution in [0.4, 0.5) is 11.8 Å². The Morgan fingerprint density at radius 3 is 3.16 bits per heavy atom. The van der Waals surface area contributed by atoms with Crippen molar-refractivity contribution in [2.45, 2.75) is 20.0 Å². The molecule has 1 N–H and O–H groups in total. The molecule has 0 aliphatic carbocycles. The van der Waals surface area contributed by atoms with Crippen molar-refractivity contribution in [3.05, 3.63) is 23.4 Å². The van der Waals surface area contributed by atoms with Gasteiger partial charge in [-0.15, -0.1) is 10.2 Å². The highest BCUT2D eigenvalue weighted by molar-refractivity contribution is 6.32. The first-order valence-corrected chi connectivity index (χ1v) is 6.53. The topological polar surface area (TPSA) is 71.8 Å². The Morgan fingerprint density at radius 2 is 2.32 bits per heavy atom. The summed E-state index contributed by atoms with van der Waals surface area (Å²) in [5.74, 6) is 2.25. The summed E-state index contributed by atoms with van der Waals surface area (Å²) in [5, 5.41) is 11.6. The fraction of sp³-hybridized carbons (Fsp3) is 0.455. The molecule has 0 radical (unpaired) electrons. The van der Waals surface area contributed by atoms with E-state index in [9.17, 15) is 0 Å². The summed E-state index contributed by atoms with van der Waals surface area (Å²) in [6.07, 6.45) is 3.37. The maximum absolute atomic E-state index is 6.19. The molecule has 2 aromatic rings. The highest BCUT2D eigenvalue weighted by Gasteiger charge is 2.21. The molecule has 0 atom stereocenters. The van der Waals surface area contributed by atoms with E-state index in [1.54, 1.807) is 12.5 Å². The average molecular weight is 280 g/mol. The van der Waals surface area contributed by atoms with Gasteiger partial charge in [-0.2, -0.15) is 4.98 Å². The molecule has 0 bridgehead atoms. The van der Waals surface area contributed by atoms with Gasteiger partial charge in [-0.05, 0) is 6.92 Å². The number of hydrogen-bond acceptors (Lipinski definition) is 6. The van der Waals surface area contributed by atoms with Gasteiger partial charge in [0.1, 0.15) is 11.3 Å². The summed E-state index contributed by atoms with van der Waals surface area (Å²) in [7, 11) is 0. The van der Waals surface area contributed by atoms with E-state index < -0.39 is 0 Å². The second-order valence-electron chi connectivity index (χ2n) is 4.26. The third-order valence-electron chi connectivity index (χ3n) is 3.00. The molecule has 100 valence electrons. The molecule has 2 aromatic heterocycles. The van der Waals surface area contributed by atoms with E-state index >= 15 is 0 Å².